The second-order valence-corrected chi connectivity index (χ2v) is 6.09. The molecule has 1 N–H and O–H groups in total. The Kier molecular flexibility index (Phi) is 6.63. The fourth-order valence-electron chi connectivity index (χ4n) is 1.84. The number of imidazole rings is 1. The zero-order valence-corrected chi connectivity index (χ0v) is 13.1. The summed E-state index contributed by atoms with van der Waals surface area (Å²) in [4.78, 5) is 5.04. The normalized spacial score (nSPS) is 12.3. The fourth-order valence-corrected chi connectivity index (χ4v) is 2.67. The van der Waals surface area contributed by atoms with Crippen molar-refractivity contribution >= 4 is 11.8 Å². The second-order valence-electron chi connectivity index (χ2n) is 4.84. The summed E-state index contributed by atoms with van der Waals surface area (Å²) in [6.07, 6.45) is 8.31. The maximum Gasteiger partial charge on any atom is 0.119 e. The van der Waals surface area contributed by atoms with Gasteiger partial charge in [-0.15, -0.1) is 0 Å². The monoisotopic (exact) mass is 306 g/mol. The first-order chi connectivity index (χ1) is 10.3. The summed E-state index contributed by atoms with van der Waals surface area (Å²) in [6, 6.07) is 7.90. The average Bonchev–Trinajstić information content (AvgIpc) is 3.01. The Morgan fingerprint density at radius 1 is 1.33 bits per heavy atom. The molecule has 1 unspecified atom stereocenters. The predicted molar refractivity (Wildman–Crippen MR) is 85.6 cm³/mol. The highest BCUT2D eigenvalue weighted by Gasteiger charge is 2.07. The highest BCUT2D eigenvalue weighted by Crippen LogP contribution is 2.26. The molecular formula is C16H22N2O2S. The Hall–Kier alpha value is -1.46. The molecule has 0 radical (unpaired) electrons. The fraction of sp³-hybridized carbons (Fsp3) is 0.438. The van der Waals surface area contributed by atoms with Crippen LogP contribution in [0.3, 0.4) is 0 Å². The molecule has 0 fully saturated rings. The van der Waals surface area contributed by atoms with E-state index >= 15 is 0 Å². The van der Waals surface area contributed by atoms with Crippen LogP contribution in [0.4, 0.5) is 0 Å². The largest absolute Gasteiger partial charge is 0.494 e. The zero-order valence-electron chi connectivity index (χ0n) is 12.3. The van der Waals surface area contributed by atoms with Gasteiger partial charge < -0.3 is 14.4 Å². The number of thioether (sulfide) groups is 1. The maximum atomic E-state index is 10.0. The van der Waals surface area contributed by atoms with Crippen LogP contribution in [-0.4, -0.2) is 26.7 Å². The summed E-state index contributed by atoms with van der Waals surface area (Å²) in [7, 11) is 0. The Bertz CT molecular complexity index is 500. The molecular weight excluding hydrogens is 284 g/mol. The van der Waals surface area contributed by atoms with Gasteiger partial charge in [-0.25, -0.2) is 4.98 Å². The van der Waals surface area contributed by atoms with Gasteiger partial charge in [0, 0.05) is 30.3 Å². The molecule has 0 aliphatic heterocycles. The first-order valence-electron chi connectivity index (χ1n) is 7.31. The summed E-state index contributed by atoms with van der Waals surface area (Å²) < 4.78 is 7.59. The third-order valence-corrected chi connectivity index (χ3v) is 4.11. The van der Waals surface area contributed by atoms with Crippen molar-refractivity contribution in [1.82, 2.24) is 9.55 Å². The number of nitrogens with zero attached hydrogens (tertiary/aromatic N) is 2. The predicted octanol–water partition coefficient (Wildman–Crippen LogP) is 3.56. The minimum atomic E-state index is -0.417. The maximum absolute atomic E-state index is 10.0. The Morgan fingerprint density at radius 2 is 2.14 bits per heavy atom. The van der Waals surface area contributed by atoms with E-state index in [1.807, 2.05) is 35.0 Å². The average molecular weight is 306 g/mol. The lowest BCUT2D eigenvalue weighted by Gasteiger charge is -2.11. The number of benzene rings is 1. The van der Waals surface area contributed by atoms with Crippen LogP contribution < -0.4 is 4.74 Å². The molecule has 0 bridgehead atoms. The lowest BCUT2D eigenvalue weighted by molar-refractivity contribution is 0.245. The van der Waals surface area contributed by atoms with E-state index in [-0.39, 0.29) is 0 Å². The van der Waals surface area contributed by atoms with Crippen molar-refractivity contribution < 1.29 is 9.84 Å². The van der Waals surface area contributed by atoms with E-state index in [1.54, 1.807) is 12.5 Å². The molecule has 0 saturated heterocycles. The number of aliphatic hydroxyl groups excluding tert-OH is 1. The number of hydrogen-bond acceptors (Lipinski definition) is 4. The molecule has 0 aliphatic carbocycles. The van der Waals surface area contributed by atoms with Gasteiger partial charge in [0.2, 0.25) is 0 Å². The minimum absolute atomic E-state index is 0.417. The molecule has 1 atom stereocenters. The van der Waals surface area contributed by atoms with Crippen molar-refractivity contribution in [3.05, 3.63) is 43.0 Å². The van der Waals surface area contributed by atoms with Gasteiger partial charge in [0.15, 0.2) is 0 Å². The molecule has 2 rings (SSSR count). The molecule has 0 aliphatic rings. The lowest BCUT2D eigenvalue weighted by Crippen LogP contribution is -2.06. The van der Waals surface area contributed by atoms with Crippen LogP contribution in [0, 0.1) is 0 Å². The highest BCUT2D eigenvalue weighted by atomic mass is 32.2. The van der Waals surface area contributed by atoms with Crippen molar-refractivity contribution in [2.45, 2.75) is 43.1 Å². The van der Waals surface area contributed by atoms with Crippen LogP contribution in [0.5, 0.6) is 5.75 Å². The van der Waals surface area contributed by atoms with Crippen LogP contribution in [0.1, 0.15) is 26.2 Å². The van der Waals surface area contributed by atoms with E-state index in [2.05, 4.69) is 11.9 Å². The number of ether oxygens (including phenoxy) is 1. The molecule has 5 heteroatoms. The van der Waals surface area contributed by atoms with Crippen LogP contribution in [0.2, 0.25) is 0 Å². The molecule has 1 aromatic carbocycles. The molecule has 0 spiro atoms. The number of aliphatic hydroxyl groups is 1. The molecule has 4 nitrogen and oxygen atoms in total. The lowest BCUT2D eigenvalue weighted by atomic mass is 10.3. The van der Waals surface area contributed by atoms with E-state index in [0.29, 0.717) is 6.42 Å². The highest BCUT2D eigenvalue weighted by molar-refractivity contribution is 7.99. The minimum Gasteiger partial charge on any atom is -0.494 e. The van der Waals surface area contributed by atoms with E-state index in [1.165, 1.54) is 11.8 Å². The van der Waals surface area contributed by atoms with Gasteiger partial charge in [-0.2, -0.15) is 0 Å². The van der Waals surface area contributed by atoms with Gasteiger partial charge in [-0.05, 0) is 30.7 Å². The van der Waals surface area contributed by atoms with Gasteiger partial charge >= 0.3 is 0 Å². The molecule has 114 valence electrons. The van der Waals surface area contributed by atoms with Crippen molar-refractivity contribution in [2.75, 3.05) is 6.61 Å². The summed E-state index contributed by atoms with van der Waals surface area (Å²) in [6.45, 7) is 3.68. The summed E-state index contributed by atoms with van der Waals surface area (Å²) in [5.41, 5.74) is -0.417. The van der Waals surface area contributed by atoms with E-state index in [4.69, 9.17) is 4.74 Å². The van der Waals surface area contributed by atoms with Gasteiger partial charge in [-0.3, -0.25) is 0 Å². The standard InChI is InChI=1S/C16H22N2O2S/c1-2-3-12-20-14-4-6-15(7-5-14)21-16(19)8-10-18-11-9-17-13-18/h4-7,9,11,13,16,19H,2-3,8,10,12H2,1H3. The van der Waals surface area contributed by atoms with E-state index in [0.717, 1.165) is 36.6 Å². The van der Waals surface area contributed by atoms with Gasteiger partial charge in [0.25, 0.3) is 0 Å². The Morgan fingerprint density at radius 3 is 2.81 bits per heavy atom. The number of aromatic nitrogens is 2. The van der Waals surface area contributed by atoms with E-state index < -0.39 is 5.44 Å². The van der Waals surface area contributed by atoms with Gasteiger partial charge in [0.05, 0.1) is 12.9 Å². The number of unbranched alkanes of at least 4 members (excludes halogenated alkanes) is 1. The smallest absolute Gasteiger partial charge is 0.119 e. The summed E-state index contributed by atoms with van der Waals surface area (Å²) >= 11 is 1.47. The number of rotatable bonds is 9. The van der Waals surface area contributed by atoms with Crippen LogP contribution in [-0.2, 0) is 6.54 Å². The Labute approximate surface area is 130 Å². The van der Waals surface area contributed by atoms with Gasteiger partial charge in [-0.1, -0.05) is 25.1 Å². The summed E-state index contributed by atoms with van der Waals surface area (Å²) in [5, 5.41) is 10.0. The third-order valence-electron chi connectivity index (χ3n) is 3.06. The zero-order chi connectivity index (χ0) is 14.9. The summed E-state index contributed by atoms with van der Waals surface area (Å²) in [5.74, 6) is 0.890. The van der Waals surface area contributed by atoms with Crippen molar-refractivity contribution in [2.24, 2.45) is 0 Å². The molecule has 2 aromatic rings. The topological polar surface area (TPSA) is 47.3 Å². The molecule has 0 amide bonds. The Balaban J connectivity index is 1.74. The first kappa shape index (κ1) is 15.9. The molecule has 0 saturated carbocycles. The van der Waals surface area contributed by atoms with Crippen LogP contribution in [0.15, 0.2) is 47.9 Å². The van der Waals surface area contributed by atoms with Crippen molar-refractivity contribution in [1.29, 1.82) is 0 Å². The second kappa shape index (κ2) is 8.74. The van der Waals surface area contributed by atoms with Crippen molar-refractivity contribution in [3.8, 4) is 5.75 Å². The van der Waals surface area contributed by atoms with Gasteiger partial charge in [0.1, 0.15) is 11.2 Å². The SMILES string of the molecule is CCCCOc1ccc(SC(O)CCn2ccnc2)cc1. The number of aryl methyl sites for hydroxylation is 1. The molecule has 1 aromatic heterocycles. The van der Waals surface area contributed by atoms with Crippen LogP contribution >= 0.6 is 11.8 Å². The number of hydrogen-bond donors (Lipinski definition) is 1. The van der Waals surface area contributed by atoms with Crippen LogP contribution in [0.25, 0.3) is 0 Å². The molecule has 21 heavy (non-hydrogen) atoms. The van der Waals surface area contributed by atoms with Crippen molar-refractivity contribution in [3.63, 3.8) is 0 Å². The third kappa shape index (κ3) is 5.81. The quantitative estimate of drug-likeness (QED) is 0.437. The van der Waals surface area contributed by atoms with E-state index in [9.17, 15) is 5.11 Å². The molecule has 1 heterocycles. The first-order valence-corrected chi connectivity index (χ1v) is 8.19.